The first-order chi connectivity index (χ1) is 9.04. The smallest absolute Gasteiger partial charge is 0.242 e. The maximum Gasteiger partial charge on any atom is 0.242 e. The molecule has 104 valence electrons. The number of amides is 2. The van der Waals surface area contributed by atoms with Gasteiger partial charge in [-0.3, -0.25) is 9.59 Å². The molecule has 0 aliphatic heterocycles. The maximum atomic E-state index is 11.8. The van der Waals surface area contributed by atoms with Crippen LogP contribution in [0.4, 0.5) is 5.69 Å². The van der Waals surface area contributed by atoms with Crippen molar-refractivity contribution in [1.29, 1.82) is 0 Å². The van der Waals surface area contributed by atoms with Crippen molar-refractivity contribution in [3.05, 3.63) is 30.3 Å². The molecular weight excluding hydrogens is 242 g/mol. The largest absolute Gasteiger partial charge is 0.365 e. The molecule has 1 atom stereocenters. The zero-order valence-electron chi connectivity index (χ0n) is 11.6. The average Bonchev–Trinajstić information content (AvgIpc) is 2.39. The Labute approximate surface area is 114 Å². The Morgan fingerprint density at radius 2 is 1.89 bits per heavy atom. The van der Waals surface area contributed by atoms with E-state index in [0.29, 0.717) is 6.54 Å². The van der Waals surface area contributed by atoms with Crippen molar-refractivity contribution in [3.8, 4) is 0 Å². The second-order valence-corrected chi connectivity index (χ2v) is 4.38. The minimum atomic E-state index is -0.517. The highest BCUT2D eigenvalue weighted by Crippen LogP contribution is 2.09. The molecule has 19 heavy (non-hydrogen) atoms. The highest BCUT2D eigenvalue weighted by molar-refractivity contribution is 5.89. The number of anilines is 1. The lowest BCUT2D eigenvalue weighted by Gasteiger charge is -2.20. The number of likely N-dealkylation sites (N-methyl/N-ethyl adjacent to an activating group) is 2. The number of hydrogen-bond acceptors (Lipinski definition) is 3. The molecule has 2 N–H and O–H groups in total. The van der Waals surface area contributed by atoms with Crippen molar-refractivity contribution in [2.75, 3.05) is 25.0 Å². The number of nitrogens with one attached hydrogen (secondary N) is 2. The van der Waals surface area contributed by atoms with E-state index in [1.165, 1.54) is 0 Å². The van der Waals surface area contributed by atoms with E-state index < -0.39 is 6.04 Å². The van der Waals surface area contributed by atoms with E-state index in [2.05, 4.69) is 10.6 Å². The van der Waals surface area contributed by atoms with Crippen molar-refractivity contribution < 1.29 is 9.59 Å². The second-order valence-electron chi connectivity index (χ2n) is 4.38. The van der Waals surface area contributed by atoms with Crippen LogP contribution in [-0.4, -0.2) is 38.0 Å². The molecule has 2 amide bonds. The summed E-state index contributed by atoms with van der Waals surface area (Å²) in [6, 6.07) is 9.11. The van der Waals surface area contributed by atoms with Gasteiger partial charge in [0.15, 0.2) is 0 Å². The van der Waals surface area contributed by atoms with Gasteiger partial charge in [-0.15, -0.1) is 0 Å². The fourth-order valence-electron chi connectivity index (χ4n) is 1.67. The maximum absolute atomic E-state index is 11.8. The molecule has 0 saturated carbocycles. The van der Waals surface area contributed by atoms with Gasteiger partial charge in [-0.05, 0) is 26.0 Å². The van der Waals surface area contributed by atoms with Gasteiger partial charge in [0, 0.05) is 19.3 Å². The van der Waals surface area contributed by atoms with Crippen molar-refractivity contribution in [2.24, 2.45) is 0 Å². The van der Waals surface area contributed by atoms with Gasteiger partial charge in [-0.25, -0.2) is 0 Å². The van der Waals surface area contributed by atoms with Gasteiger partial charge in [0.05, 0.1) is 6.54 Å². The number of nitrogens with zero attached hydrogens (tertiary/aromatic N) is 1. The number of para-hydroxylation sites is 1. The molecule has 1 rings (SSSR count). The monoisotopic (exact) mass is 263 g/mol. The van der Waals surface area contributed by atoms with Crippen LogP contribution in [0.15, 0.2) is 30.3 Å². The normalized spacial score (nSPS) is 11.5. The van der Waals surface area contributed by atoms with Crippen LogP contribution in [0.25, 0.3) is 0 Å². The van der Waals surface area contributed by atoms with E-state index in [0.717, 1.165) is 5.69 Å². The van der Waals surface area contributed by atoms with E-state index in [-0.39, 0.29) is 18.4 Å². The molecule has 0 aliphatic carbocycles. The van der Waals surface area contributed by atoms with Gasteiger partial charge < -0.3 is 15.5 Å². The molecule has 0 spiro atoms. The lowest BCUT2D eigenvalue weighted by Crippen LogP contribution is -2.47. The Morgan fingerprint density at radius 1 is 1.26 bits per heavy atom. The van der Waals surface area contributed by atoms with Crippen LogP contribution in [0.2, 0.25) is 0 Å². The molecule has 0 fully saturated rings. The number of benzene rings is 1. The minimum Gasteiger partial charge on any atom is -0.365 e. The van der Waals surface area contributed by atoms with Crippen LogP contribution in [0, 0.1) is 0 Å². The van der Waals surface area contributed by atoms with Gasteiger partial charge in [0.2, 0.25) is 11.8 Å². The van der Waals surface area contributed by atoms with Gasteiger partial charge in [-0.2, -0.15) is 0 Å². The lowest BCUT2D eigenvalue weighted by molar-refractivity contribution is -0.127. The SMILES string of the molecule is CCNC(=O)[C@@H](C)NC(=O)CN(C)c1ccccc1. The summed E-state index contributed by atoms with van der Waals surface area (Å²) in [5.74, 6) is -0.344. The van der Waals surface area contributed by atoms with Crippen molar-refractivity contribution >= 4 is 17.5 Å². The molecule has 0 aliphatic rings. The third-order valence-corrected chi connectivity index (χ3v) is 2.70. The molecule has 1 aromatic rings. The number of carbonyl (C=O) groups is 2. The zero-order chi connectivity index (χ0) is 14.3. The summed E-state index contributed by atoms with van der Waals surface area (Å²) >= 11 is 0. The average molecular weight is 263 g/mol. The molecule has 5 nitrogen and oxygen atoms in total. The molecular formula is C14H21N3O2. The molecule has 1 aromatic carbocycles. The summed E-state index contributed by atoms with van der Waals surface area (Å²) in [5.41, 5.74) is 0.961. The van der Waals surface area contributed by atoms with E-state index in [1.807, 2.05) is 49.2 Å². The summed E-state index contributed by atoms with van der Waals surface area (Å²) in [4.78, 5) is 25.1. The Balaban J connectivity index is 2.45. The first-order valence-corrected chi connectivity index (χ1v) is 6.37. The predicted octanol–water partition coefficient (Wildman–Crippen LogP) is 0.764. The van der Waals surface area contributed by atoms with Gasteiger partial charge in [-0.1, -0.05) is 18.2 Å². The van der Waals surface area contributed by atoms with Crippen LogP contribution in [-0.2, 0) is 9.59 Å². The summed E-state index contributed by atoms with van der Waals surface area (Å²) in [6.07, 6.45) is 0. The summed E-state index contributed by atoms with van der Waals surface area (Å²) < 4.78 is 0. The Hall–Kier alpha value is -2.04. The van der Waals surface area contributed by atoms with Crippen LogP contribution in [0.3, 0.4) is 0 Å². The second kappa shape index (κ2) is 7.41. The molecule has 0 saturated heterocycles. The number of hydrogen-bond donors (Lipinski definition) is 2. The highest BCUT2D eigenvalue weighted by atomic mass is 16.2. The first kappa shape index (κ1) is 15.0. The van der Waals surface area contributed by atoms with E-state index >= 15 is 0 Å². The quantitative estimate of drug-likeness (QED) is 0.796. The van der Waals surface area contributed by atoms with Crippen molar-refractivity contribution in [1.82, 2.24) is 10.6 Å². The van der Waals surface area contributed by atoms with Gasteiger partial charge >= 0.3 is 0 Å². The van der Waals surface area contributed by atoms with Crippen LogP contribution in [0.5, 0.6) is 0 Å². The van der Waals surface area contributed by atoms with E-state index in [4.69, 9.17) is 0 Å². The van der Waals surface area contributed by atoms with E-state index in [1.54, 1.807) is 6.92 Å². The molecule has 0 bridgehead atoms. The van der Waals surface area contributed by atoms with Gasteiger partial charge in [0.1, 0.15) is 6.04 Å². The third kappa shape index (κ3) is 4.99. The Kier molecular flexibility index (Phi) is 5.85. The molecule has 0 aromatic heterocycles. The van der Waals surface area contributed by atoms with Crippen LogP contribution >= 0.6 is 0 Å². The standard InChI is InChI=1S/C14H21N3O2/c1-4-15-14(19)11(2)16-13(18)10-17(3)12-8-6-5-7-9-12/h5-9,11H,4,10H2,1-3H3,(H,15,19)(H,16,18)/t11-/m1/s1. The fourth-order valence-corrected chi connectivity index (χ4v) is 1.67. The van der Waals surface area contributed by atoms with Crippen LogP contribution in [0.1, 0.15) is 13.8 Å². The first-order valence-electron chi connectivity index (χ1n) is 6.37. The number of rotatable bonds is 6. The zero-order valence-corrected chi connectivity index (χ0v) is 11.6. The minimum absolute atomic E-state index is 0.168. The van der Waals surface area contributed by atoms with Crippen molar-refractivity contribution in [2.45, 2.75) is 19.9 Å². The molecule has 0 heterocycles. The van der Waals surface area contributed by atoms with Gasteiger partial charge in [0.25, 0.3) is 0 Å². The summed E-state index contributed by atoms with van der Waals surface area (Å²) in [7, 11) is 1.84. The third-order valence-electron chi connectivity index (χ3n) is 2.70. The fraction of sp³-hybridized carbons (Fsp3) is 0.429. The number of carbonyl (C=O) groups excluding carboxylic acids is 2. The topological polar surface area (TPSA) is 61.4 Å². The Morgan fingerprint density at radius 3 is 2.47 bits per heavy atom. The summed E-state index contributed by atoms with van der Waals surface area (Å²) in [6.45, 7) is 4.29. The molecule has 0 unspecified atom stereocenters. The van der Waals surface area contributed by atoms with Crippen LogP contribution < -0.4 is 15.5 Å². The lowest BCUT2D eigenvalue weighted by atomic mass is 10.3. The Bertz CT molecular complexity index is 420. The predicted molar refractivity (Wildman–Crippen MR) is 76.0 cm³/mol. The van der Waals surface area contributed by atoms with Crippen molar-refractivity contribution in [3.63, 3.8) is 0 Å². The molecule has 5 heteroatoms. The molecule has 0 radical (unpaired) electrons. The summed E-state index contributed by atoms with van der Waals surface area (Å²) in [5, 5.41) is 5.34. The van der Waals surface area contributed by atoms with E-state index in [9.17, 15) is 9.59 Å². The highest BCUT2D eigenvalue weighted by Gasteiger charge is 2.15.